The number of fused-ring (bicyclic) bond motifs is 3. The number of ketones is 1. The highest BCUT2D eigenvalue weighted by Gasteiger charge is 2.36. The lowest BCUT2D eigenvalue weighted by molar-refractivity contribution is -0.116. The van der Waals surface area contributed by atoms with E-state index in [1.165, 1.54) is 6.07 Å². The van der Waals surface area contributed by atoms with Crippen LogP contribution in [0.15, 0.2) is 53.7 Å². The van der Waals surface area contributed by atoms with Crippen LogP contribution in [0.2, 0.25) is 0 Å². The van der Waals surface area contributed by atoms with Crippen molar-refractivity contribution in [2.75, 3.05) is 5.32 Å². The van der Waals surface area contributed by atoms with E-state index in [2.05, 4.69) is 16.4 Å². The second-order valence-corrected chi connectivity index (χ2v) is 7.52. The molecule has 1 unspecified atom stereocenters. The number of hydrogen-bond acceptors (Lipinski definition) is 5. The Bertz CT molecular complexity index is 1180. The lowest BCUT2D eigenvalue weighted by Gasteiger charge is -2.34. The molecular weight excluding hydrogens is 352 g/mol. The van der Waals surface area contributed by atoms with Gasteiger partial charge in [0.15, 0.2) is 17.3 Å². The predicted molar refractivity (Wildman–Crippen MR) is 108 cm³/mol. The third-order valence-electron chi connectivity index (χ3n) is 5.71. The fraction of sp³-hybridized carbons (Fsp3) is 0.217. The summed E-state index contributed by atoms with van der Waals surface area (Å²) in [5, 5.41) is 24.3. The molecule has 0 bridgehead atoms. The molecule has 1 aromatic heterocycles. The summed E-state index contributed by atoms with van der Waals surface area (Å²) in [4.78, 5) is 17.5. The normalized spacial score (nSPS) is 18.6. The molecule has 28 heavy (non-hydrogen) atoms. The monoisotopic (exact) mass is 372 g/mol. The lowest BCUT2D eigenvalue weighted by Crippen LogP contribution is -2.27. The van der Waals surface area contributed by atoms with Gasteiger partial charge in [-0.05, 0) is 61.2 Å². The maximum atomic E-state index is 12.9. The van der Waals surface area contributed by atoms with Crippen LogP contribution in [-0.4, -0.2) is 21.0 Å². The molecule has 0 radical (unpaired) electrons. The van der Waals surface area contributed by atoms with Gasteiger partial charge in [-0.15, -0.1) is 0 Å². The molecule has 0 spiro atoms. The molecular formula is C23H20N2O3. The highest BCUT2D eigenvalue weighted by Crippen LogP contribution is 2.48. The number of pyridine rings is 1. The summed E-state index contributed by atoms with van der Waals surface area (Å²) in [5.41, 5.74) is 6.33. The van der Waals surface area contributed by atoms with E-state index in [4.69, 9.17) is 0 Å². The minimum absolute atomic E-state index is 0.138. The van der Waals surface area contributed by atoms with Crippen LogP contribution in [0.4, 0.5) is 5.69 Å². The van der Waals surface area contributed by atoms with Crippen LogP contribution < -0.4 is 5.32 Å². The van der Waals surface area contributed by atoms with Gasteiger partial charge in [-0.1, -0.05) is 12.1 Å². The zero-order chi connectivity index (χ0) is 19.4. The summed E-state index contributed by atoms with van der Waals surface area (Å²) in [6.07, 6.45) is 2.18. The first-order valence-corrected chi connectivity index (χ1v) is 9.48. The molecule has 140 valence electrons. The van der Waals surface area contributed by atoms with Crippen molar-refractivity contribution in [2.24, 2.45) is 0 Å². The van der Waals surface area contributed by atoms with Crippen LogP contribution in [-0.2, 0) is 4.79 Å². The van der Waals surface area contributed by atoms with Crippen LogP contribution in [0.1, 0.15) is 42.0 Å². The number of benzene rings is 2. The van der Waals surface area contributed by atoms with Crippen LogP contribution in [0, 0.1) is 6.92 Å². The average Bonchev–Trinajstić information content (AvgIpc) is 2.68. The van der Waals surface area contributed by atoms with E-state index in [1.54, 1.807) is 12.1 Å². The fourth-order valence-electron chi connectivity index (χ4n) is 4.40. The van der Waals surface area contributed by atoms with Gasteiger partial charge in [0.2, 0.25) is 0 Å². The van der Waals surface area contributed by atoms with Crippen molar-refractivity contribution in [3.63, 3.8) is 0 Å². The predicted octanol–water partition coefficient (Wildman–Crippen LogP) is 4.52. The first-order chi connectivity index (χ1) is 13.5. The SMILES string of the molecule is Cc1ccc2c3c(ccc2n1)C(c1ccc(O)c(O)c1)C1=C(CCCC1=O)N3. The van der Waals surface area contributed by atoms with E-state index in [9.17, 15) is 15.0 Å². The van der Waals surface area contributed by atoms with Gasteiger partial charge in [0.1, 0.15) is 0 Å². The van der Waals surface area contributed by atoms with E-state index in [1.807, 2.05) is 25.1 Å². The third-order valence-corrected chi connectivity index (χ3v) is 5.71. The van der Waals surface area contributed by atoms with E-state index in [-0.39, 0.29) is 23.2 Å². The summed E-state index contributed by atoms with van der Waals surface area (Å²) < 4.78 is 0. The van der Waals surface area contributed by atoms with Gasteiger partial charge in [-0.3, -0.25) is 9.78 Å². The van der Waals surface area contributed by atoms with Gasteiger partial charge in [0, 0.05) is 34.7 Å². The van der Waals surface area contributed by atoms with Crippen molar-refractivity contribution >= 4 is 22.4 Å². The molecule has 1 aliphatic heterocycles. The number of phenols is 2. The number of carbonyl (C=O) groups excluding carboxylic acids is 1. The number of rotatable bonds is 1. The van der Waals surface area contributed by atoms with Gasteiger partial charge in [0.05, 0.1) is 11.2 Å². The molecule has 0 saturated carbocycles. The largest absolute Gasteiger partial charge is 0.504 e. The molecule has 2 aliphatic rings. The lowest BCUT2D eigenvalue weighted by atomic mass is 9.75. The zero-order valence-corrected chi connectivity index (χ0v) is 15.5. The van der Waals surface area contributed by atoms with Crippen LogP contribution >= 0.6 is 0 Å². The molecule has 3 N–H and O–H groups in total. The number of carbonyl (C=O) groups is 1. The number of anilines is 1. The van der Waals surface area contributed by atoms with E-state index < -0.39 is 0 Å². The van der Waals surface area contributed by atoms with Crippen molar-refractivity contribution < 1.29 is 15.0 Å². The fourth-order valence-corrected chi connectivity index (χ4v) is 4.40. The van der Waals surface area contributed by atoms with E-state index in [0.29, 0.717) is 6.42 Å². The maximum Gasteiger partial charge on any atom is 0.161 e. The Morgan fingerprint density at radius 1 is 1.04 bits per heavy atom. The van der Waals surface area contributed by atoms with Crippen LogP contribution in [0.3, 0.4) is 0 Å². The smallest absolute Gasteiger partial charge is 0.161 e. The number of nitrogens with zero attached hydrogens (tertiary/aromatic N) is 1. The molecule has 2 aromatic carbocycles. The van der Waals surface area contributed by atoms with Gasteiger partial charge < -0.3 is 15.5 Å². The summed E-state index contributed by atoms with van der Waals surface area (Å²) in [5.74, 6) is -0.489. The molecule has 0 saturated heterocycles. The number of allylic oxidation sites excluding steroid dienone is 2. The minimum atomic E-state index is -0.281. The summed E-state index contributed by atoms with van der Waals surface area (Å²) >= 11 is 0. The Morgan fingerprint density at radius 3 is 2.71 bits per heavy atom. The summed E-state index contributed by atoms with van der Waals surface area (Å²) in [7, 11) is 0. The number of aromatic hydroxyl groups is 2. The second kappa shape index (κ2) is 6.09. The number of aromatic nitrogens is 1. The molecule has 5 rings (SSSR count). The Labute approximate surface area is 162 Å². The molecule has 3 aromatic rings. The quantitative estimate of drug-likeness (QED) is 0.547. The van der Waals surface area contributed by atoms with Gasteiger partial charge >= 0.3 is 0 Å². The highest BCUT2D eigenvalue weighted by molar-refractivity contribution is 6.04. The molecule has 1 aliphatic carbocycles. The van der Waals surface area contributed by atoms with Crippen molar-refractivity contribution in [1.29, 1.82) is 0 Å². The Balaban J connectivity index is 1.80. The maximum absolute atomic E-state index is 12.9. The summed E-state index contributed by atoms with van der Waals surface area (Å²) in [6.45, 7) is 1.97. The molecule has 2 heterocycles. The number of hydrogen-bond donors (Lipinski definition) is 3. The third kappa shape index (κ3) is 2.47. The Kier molecular flexibility index (Phi) is 3.66. The second-order valence-electron chi connectivity index (χ2n) is 7.52. The van der Waals surface area contributed by atoms with E-state index in [0.717, 1.165) is 57.5 Å². The number of phenolic OH excluding ortho intramolecular Hbond substituents is 2. The molecule has 0 fully saturated rings. The molecule has 0 amide bonds. The highest BCUT2D eigenvalue weighted by atomic mass is 16.3. The van der Waals surface area contributed by atoms with Crippen molar-refractivity contribution in [1.82, 2.24) is 4.98 Å². The number of aryl methyl sites for hydroxylation is 1. The van der Waals surface area contributed by atoms with Gasteiger partial charge in [0.25, 0.3) is 0 Å². The Morgan fingerprint density at radius 2 is 1.89 bits per heavy atom. The van der Waals surface area contributed by atoms with Crippen molar-refractivity contribution in [2.45, 2.75) is 32.1 Å². The van der Waals surface area contributed by atoms with Crippen LogP contribution in [0.5, 0.6) is 11.5 Å². The topological polar surface area (TPSA) is 82.5 Å². The molecule has 5 nitrogen and oxygen atoms in total. The first-order valence-electron chi connectivity index (χ1n) is 9.48. The standard InChI is InChI=1S/C23H20N2O3/c1-12-5-7-14-16(24-12)9-8-15-21(13-6-10-18(26)20(28)11-13)22-17(25-23(14)15)3-2-4-19(22)27/h5-11,21,25-26,28H,2-4H2,1H3. The molecule has 1 atom stereocenters. The minimum Gasteiger partial charge on any atom is -0.504 e. The van der Waals surface area contributed by atoms with Gasteiger partial charge in [-0.25, -0.2) is 0 Å². The van der Waals surface area contributed by atoms with Crippen molar-refractivity contribution in [3.05, 3.63) is 70.6 Å². The first kappa shape index (κ1) is 16.8. The zero-order valence-electron chi connectivity index (χ0n) is 15.5. The average molecular weight is 372 g/mol. The number of nitrogens with one attached hydrogen (secondary N) is 1. The number of Topliss-reactive ketones (excluding diaryl/α,β-unsaturated/α-hetero) is 1. The van der Waals surface area contributed by atoms with E-state index >= 15 is 0 Å². The Hall–Kier alpha value is -3.34. The van der Waals surface area contributed by atoms with Crippen molar-refractivity contribution in [3.8, 4) is 11.5 Å². The summed E-state index contributed by atoms with van der Waals surface area (Å²) in [6, 6.07) is 12.9. The molecule has 5 heteroatoms. The van der Waals surface area contributed by atoms with Gasteiger partial charge in [-0.2, -0.15) is 0 Å². The van der Waals surface area contributed by atoms with Crippen LogP contribution in [0.25, 0.3) is 10.9 Å².